The molecule has 23 heavy (non-hydrogen) atoms. The van der Waals surface area contributed by atoms with E-state index in [1.165, 1.54) is 5.56 Å². The quantitative estimate of drug-likeness (QED) is 0.778. The summed E-state index contributed by atoms with van der Waals surface area (Å²) in [5, 5.41) is 0. The molecule has 0 saturated carbocycles. The summed E-state index contributed by atoms with van der Waals surface area (Å²) in [6.45, 7) is 1.74. The fraction of sp³-hybridized carbons (Fsp3) is 0.278. The van der Waals surface area contributed by atoms with Crippen LogP contribution in [-0.4, -0.2) is 36.7 Å². The predicted molar refractivity (Wildman–Crippen MR) is 101 cm³/mol. The molecule has 0 radical (unpaired) electrons. The first kappa shape index (κ1) is 19.6. The lowest BCUT2D eigenvalue weighted by Gasteiger charge is -2.23. The van der Waals surface area contributed by atoms with Gasteiger partial charge in [0, 0.05) is 24.5 Å². The second-order valence-corrected chi connectivity index (χ2v) is 5.86. The molecular weight excluding hydrogens is 328 g/mol. The van der Waals surface area contributed by atoms with Crippen LogP contribution in [0, 0.1) is 0 Å². The number of nitrogens with two attached hydrogens (primary N) is 1. The standard InChI is InChI=1S/C18H22N2OS.ClH/c1-22-17-10-6-5-9-16(17)18(21)20(14-12-19)13-11-15-7-3-2-4-8-15;/h2-10H,11-14,19H2,1H3;1H. The minimum Gasteiger partial charge on any atom is -0.337 e. The lowest BCUT2D eigenvalue weighted by Crippen LogP contribution is -2.37. The average molecular weight is 351 g/mol. The minimum absolute atomic E-state index is 0. The molecule has 0 aliphatic rings. The third kappa shape index (κ3) is 5.57. The number of thioether (sulfide) groups is 1. The number of benzene rings is 2. The predicted octanol–water partition coefficient (Wildman–Crippen LogP) is 3.47. The normalized spacial score (nSPS) is 10.0. The highest BCUT2D eigenvalue weighted by Crippen LogP contribution is 2.21. The molecule has 0 fully saturated rings. The SMILES string of the molecule is CSc1ccccc1C(=O)N(CCN)CCc1ccccc1.Cl. The first-order valence-corrected chi connectivity index (χ1v) is 8.65. The van der Waals surface area contributed by atoms with Crippen LogP contribution in [0.25, 0.3) is 0 Å². The number of carbonyl (C=O) groups excluding carboxylic acids is 1. The molecule has 2 aromatic carbocycles. The summed E-state index contributed by atoms with van der Waals surface area (Å²) in [6, 6.07) is 17.9. The van der Waals surface area contributed by atoms with Crippen LogP contribution in [0.4, 0.5) is 0 Å². The maximum atomic E-state index is 12.8. The van der Waals surface area contributed by atoms with Crippen LogP contribution in [0.1, 0.15) is 15.9 Å². The second kappa shape index (κ2) is 10.3. The summed E-state index contributed by atoms with van der Waals surface area (Å²) in [4.78, 5) is 15.7. The van der Waals surface area contributed by atoms with Crippen molar-refractivity contribution in [2.24, 2.45) is 5.73 Å². The molecule has 0 aliphatic carbocycles. The van der Waals surface area contributed by atoms with Gasteiger partial charge in [-0.25, -0.2) is 0 Å². The first-order valence-electron chi connectivity index (χ1n) is 7.42. The van der Waals surface area contributed by atoms with Crippen molar-refractivity contribution < 1.29 is 4.79 Å². The zero-order valence-corrected chi connectivity index (χ0v) is 14.9. The van der Waals surface area contributed by atoms with Crippen LogP contribution in [-0.2, 0) is 6.42 Å². The van der Waals surface area contributed by atoms with Gasteiger partial charge in [0.1, 0.15) is 0 Å². The topological polar surface area (TPSA) is 46.3 Å². The Morgan fingerprint density at radius 3 is 2.35 bits per heavy atom. The van der Waals surface area contributed by atoms with Gasteiger partial charge in [0.05, 0.1) is 5.56 Å². The Kier molecular flexibility index (Phi) is 8.77. The van der Waals surface area contributed by atoms with Gasteiger partial charge in [-0.05, 0) is 30.4 Å². The van der Waals surface area contributed by atoms with Crippen LogP contribution in [0.15, 0.2) is 59.5 Å². The third-order valence-corrected chi connectivity index (χ3v) is 4.33. The van der Waals surface area contributed by atoms with Gasteiger partial charge in [-0.1, -0.05) is 42.5 Å². The zero-order valence-electron chi connectivity index (χ0n) is 13.3. The lowest BCUT2D eigenvalue weighted by atomic mass is 10.1. The number of amides is 1. The molecule has 0 spiro atoms. The fourth-order valence-electron chi connectivity index (χ4n) is 2.37. The van der Waals surface area contributed by atoms with Gasteiger partial charge >= 0.3 is 0 Å². The van der Waals surface area contributed by atoms with E-state index in [9.17, 15) is 4.79 Å². The molecule has 1 amide bonds. The summed E-state index contributed by atoms with van der Waals surface area (Å²) in [5.41, 5.74) is 7.68. The van der Waals surface area contributed by atoms with Crippen molar-refractivity contribution in [1.82, 2.24) is 4.90 Å². The van der Waals surface area contributed by atoms with Crippen molar-refractivity contribution in [1.29, 1.82) is 0 Å². The molecule has 2 rings (SSSR count). The van der Waals surface area contributed by atoms with Crippen LogP contribution < -0.4 is 5.73 Å². The Morgan fingerprint density at radius 1 is 1.04 bits per heavy atom. The van der Waals surface area contributed by atoms with Crippen LogP contribution in [0.3, 0.4) is 0 Å². The van der Waals surface area contributed by atoms with E-state index >= 15 is 0 Å². The van der Waals surface area contributed by atoms with Crippen molar-refractivity contribution >= 4 is 30.1 Å². The van der Waals surface area contributed by atoms with E-state index < -0.39 is 0 Å². The lowest BCUT2D eigenvalue weighted by molar-refractivity contribution is 0.0758. The highest BCUT2D eigenvalue weighted by atomic mass is 35.5. The van der Waals surface area contributed by atoms with Crippen LogP contribution in [0.5, 0.6) is 0 Å². The van der Waals surface area contributed by atoms with Crippen molar-refractivity contribution in [2.75, 3.05) is 25.9 Å². The van der Waals surface area contributed by atoms with Crippen molar-refractivity contribution in [3.63, 3.8) is 0 Å². The number of carbonyl (C=O) groups is 1. The van der Waals surface area contributed by atoms with Gasteiger partial charge in [0.15, 0.2) is 0 Å². The van der Waals surface area contributed by atoms with E-state index in [0.717, 1.165) is 16.9 Å². The number of hydrogen-bond acceptors (Lipinski definition) is 3. The molecule has 2 aromatic rings. The Labute approximate surface area is 148 Å². The number of rotatable bonds is 7. The Balaban J connectivity index is 0.00000264. The Morgan fingerprint density at radius 2 is 1.70 bits per heavy atom. The van der Waals surface area contributed by atoms with E-state index in [1.54, 1.807) is 11.8 Å². The second-order valence-electron chi connectivity index (χ2n) is 5.02. The van der Waals surface area contributed by atoms with E-state index in [2.05, 4.69) is 12.1 Å². The summed E-state index contributed by atoms with van der Waals surface area (Å²) >= 11 is 1.59. The minimum atomic E-state index is 0. The van der Waals surface area contributed by atoms with E-state index in [1.807, 2.05) is 53.6 Å². The molecule has 0 aliphatic heterocycles. The largest absolute Gasteiger partial charge is 0.337 e. The summed E-state index contributed by atoms with van der Waals surface area (Å²) in [6.07, 6.45) is 2.83. The number of halogens is 1. The molecule has 0 bridgehead atoms. The summed E-state index contributed by atoms with van der Waals surface area (Å²) in [7, 11) is 0. The molecule has 2 N–H and O–H groups in total. The van der Waals surface area contributed by atoms with Crippen LogP contribution in [0.2, 0.25) is 0 Å². The average Bonchev–Trinajstić information content (AvgIpc) is 2.59. The van der Waals surface area contributed by atoms with Gasteiger partial charge in [-0.15, -0.1) is 24.2 Å². The van der Waals surface area contributed by atoms with Gasteiger partial charge in [0.2, 0.25) is 0 Å². The molecular formula is C18H23ClN2OS. The van der Waals surface area contributed by atoms with Gasteiger partial charge < -0.3 is 10.6 Å². The first-order chi connectivity index (χ1) is 10.8. The number of hydrogen-bond donors (Lipinski definition) is 1. The van der Waals surface area contributed by atoms with Gasteiger partial charge in [-0.2, -0.15) is 0 Å². The van der Waals surface area contributed by atoms with Crippen molar-refractivity contribution in [2.45, 2.75) is 11.3 Å². The highest BCUT2D eigenvalue weighted by Gasteiger charge is 2.17. The van der Waals surface area contributed by atoms with E-state index in [0.29, 0.717) is 19.6 Å². The maximum Gasteiger partial charge on any atom is 0.255 e. The molecule has 0 saturated heterocycles. The summed E-state index contributed by atoms with van der Waals surface area (Å²) in [5.74, 6) is 0.0614. The Bertz CT molecular complexity index is 607. The van der Waals surface area contributed by atoms with Crippen molar-refractivity contribution in [3.05, 3.63) is 65.7 Å². The van der Waals surface area contributed by atoms with Crippen molar-refractivity contribution in [3.8, 4) is 0 Å². The van der Waals surface area contributed by atoms with Crippen LogP contribution >= 0.6 is 24.2 Å². The molecule has 0 atom stereocenters. The smallest absolute Gasteiger partial charge is 0.255 e. The molecule has 3 nitrogen and oxygen atoms in total. The highest BCUT2D eigenvalue weighted by molar-refractivity contribution is 7.98. The molecule has 124 valence electrons. The monoisotopic (exact) mass is 350 g/mol. The molecule has 5 heteroatoms. The fourth-order valence-corrected chi connectivity index (χ4v) is 2.96. The third-order valence-electron chi connectivity index (χ3n) is 3.54. The molecule has 0 heterocycles. The van der Waals surface area contributed by atoms with E-state index in [-0.39, 0.29) is 18.3 Å². The van der Waals surface area contributed by atoms with Gasteiger partial charge in [0.25, 0.3) is 5.91 Å². The zero-order chi connectivity index (χ0) is 15.8. The molecule has 0 aromatic heterocycles. The molecule has 0 unspecified atom stereocenters. The Hall–Kier alpha value is -1.49. The van der Waals surface area contributed by atoms with Gasteiger partial charge in [-0.3, -0.25) is 4.79 Å². The maximum absolute atomic E-state index is 12.8. The van der Waals surface area contributed by atoms with E-state index in [4.69, 9.17) is 5.73 Å². The number of nitrogens with zero attached hydrogens (tertiary/aromatic N) is 1. The summed E-state index contributed by atoms with van der Waals surface area (Å²) < 4.78 is 0.